The minimum atomic E-state index is 0.0837. The van der Waals surface area contributed by atoms with E-state index in [0.717, 1.165) is 24.4 Å². The fourth-order valence-corrected chi connectivity index (χ4v) is 3.28. The highest BCUT2D eigenvalue weighted by Crippen LogP contribution is 2.29. The summed E-state index contributed by atoms with van der Waals surface area (Å²) >= 11 is 0. The quantitative estimate of drug-likeness (QED) is 0.862. The van der Waals surface area contributed by atoms with Crippen LogP contribution in [0.1, 0.15) is 50.9 Å². The monoisotopic (exact) mass is 271 g/mol. The van der Waals surface area contributed by atoms with Crippen molar-refractivity contribution in [3.8, 4) is 0 Å². The lowest BCUT2D eigenvalue weighted by atomic mass is 9.91. The number of nitrogens with zero attached hydrogens (tertiary/aromatic N) is 2. The second kappa shape index (κ2) is 4.88. The first-order valence-electron chi connectivity index (χ1n) is 7.64. The molecule has 0 saturated carbocycles. The van der Waals surface area contributed by atoms with Crippen LogP contribution < -0.4 is 5.32 Å². The van der Waals surface area contributed by atoms with Crippen molar-refractivity contribution in [3.63, 3.8) is 0 Å². The minimum Gasteiger partial charge on any atom is -0.331 e. The summed E-state index contributed by atoms with van der Waals surface area (Å²) in [6.45, 7) is 8.93. The topological polar surface area (TPSA) is 29.9 Å². The van der Waals surface area contributed by atoms with Crippen molar-refractivity contribution in [1.29, 1.82) is 0 Å². The number of aryl methyl sites for hydroxylation is 1. The Bertz CT molecular complexity index is 613. The number of piperidine rings is 1. The molecule has 1 aliphatic rings. The molecule has 1 unspecified atom stereocenters. The smallest absolute Gasteiger partial charge is 0.115 e. The van der Waals surface area contributed by atoms with Gasteiger partial charge in [-0.05, 0) is 43.0 Å². The Labute approximate surface area is 121 Å². The Balaban J connectivity index is 2.03. The third kappa shape index (κ3) is 2.35. The standard InChI is InChI=1S/C17H25N3/c1-17(2,3)16-19-14-10-12(7-8-15(14)20(16)4)13-6-5-9-18-11-13/h7-8,10,13,18H,5-6,9,11H2,1-4H3. The Hall–Kier alpha value is -1.35. The maximum absolute atomic E-state index is 4.88. The van der Waals surface area contributed by atoms with Gasteiger partial charge in [0.05, 0.1) is 11.0 Å². The van der Waals surface area contributed by atoms with Crippen LogP contribution in [0, 0.1) is 0 Å². The van der Waals surface area contributed by atoms with Gasteiger partial charge in [0.2, 0.25) is 0 Å². The van der Waals surface area contributed by atoms with Crippen LogP contribution >= 0.6 is 0 Å². The number of fused-ring (bicyclic) bond motifs is 1. The molecule has 1 saturated heterocycles. The van der Waals surface area contributed by atoms with Crippen LogP contribution in [0.5, 0.6) is 0 Å². The predicted octanol–water partition coefficient (Wildman–Crippen LogP) is 3.34. The van der Waals surface area contributed by atoms with E-state index in [1.165, 1.54) is 23.9 Å². The number of rotatable bonds is 1. The molecule has 0 bridgehead atoms. The first-order valence-corrected chi connectivity index (χ1v) is 7.64. The zero-order valence-electron chi connectivity index (χ0n) is 13.0. The summed E-state index contributed by atoms with van der Waals surface area (Å²) in [5.74, 6) is 1.81. The number of aromatic nitrogens is 2. The molecule has 20 heavy (non-hydrogen) atoms. The second-order valence-corrected chi connectivity index (χ2v) is 7.04. The highest BCUT2D eigenvalue weighted by atomic mass is 15.1. The number of imidazole rings is 1. The van der Waals surface area contributed by atoms with Gasteiger partial charge in [-0.15, -0.1) is 0 Å². The molecular formula is C17H25N3. The van der Waals surface area contributed by atoms with E-state index >= 15 is 0 Å². The summed E-state index contributed by atoms with van der Waals surface area (Å²) in [6.07, 6.45) is 2.57. The van der Waals surface area contributed by atoms with Crippen molar-refractivity contribution in [1.82, 2.24) is 14.9 Å². The maximum Gasteiger partial charge on any atom is 0.115 e. The van der Waals surface area contributed by atoms with E-state index in [2.05, 4.69) is 55.9 Å². The third-order valence-electron chi connectivity index (χ3n) is 4.34. The molecule has 0 aliphatic carbocycles. The van der Waals surface area contributed by atoms with Gasteiger partial charge in [0.25, 0.3) is 0 Å². The Morgan fingerprint density at radius 1 is 1.30 bits per heavy atom. The van der Waals surface area contributed by atoms with Crippen LogP contribution in [0.25, 0.3) is 11.0 Å². The molecule has 1 aliphatic heterocycles. The molecule has 3 heteroatoms. The number of nitrogens with one attached hydrogen (secondary N) is 1. The van der Waals surface area contributed by atoms with Gasteiger partial charge in [-0.25, -0.2) is 4.98 Å². The van der Waals surface area contributed by atoms with Crippen LogP contribution in [0.4, 0.5) is 0 Å². The number of hydrogen-bond donors (Lipinski definition) is 1. The minimum absolute atomic E-state index is 0.0837. The van der Waals surface area contributed by atoms with Gasteiger partial charge >= 0.3 is 0 Å². The van der Waals surface area contributed by atoms with Gasteiger partial charge in [-0.3, -0.25) is 0 Å². The molecule has 108 valence electrons. The van der Waals surface area contributed by atoms with Crippen LogP contribution in [-0.2, 0) is 12.5 Å². The van der Waals surface area contributed by atoms with E-state index in [1.807, 2.05) is 0 Å². The molecule has 0 radical (unpaired) electrons. The average molecular weight is 271 g/mol. The highest BCUT2D eigenvalue weighted by Gasteiger charge is 2.22. The van der Waals surface area contributed by atoms with E-state index in [-0.39, 0.29) is 5.41 Å². The molecule has 2 heterocycles. The molecule has 1 N–H and O–H groups in total. The molecule has 2 aromatic rings. The molecule has 1 atom stereocenters. The Morgan fingerprint density at radius 2 is 2.10 bits per heavy atom. The molecule has 3 nitrogen and oxygen atoms in total. The van der Waals surface area contributed by atoms with Gasteiger partial charge in [0.1, 0.15) is 5.82 Å². The van der Waals surface area contributed by atoms with E-state index < -0.39 is 0 Å². The molecule has 1 aromatic heterocycles. The summed E-state index contributed by atoms with van der Waals surface area (Å²) in [6, 6.07) is 6.82. The largest absolute Gasteiger partial charge is 0.331 e. The zero-order chi connectivity index (χ0) is 14.3. The van der Waals surface area contributed by atoms with Crippen molar-refractivity contribution in [3.05, 3.63) is 29.6 Å². The Kier molecular flexibility index (Phi) is 3.33. The van der Waals surface area contributed by atoms with Crippen molar-refractivity contribution < 1.29 is 0 Å². The predicted molar refractivity (Wildman–Crippen MR) is 84.3 cm³/mol. The number of hydrogen-bond acceptors (Lipinski definition) is 2. The summed E-state index contributed by atoms with van der Waals surface area (Å²) in [5.41, 5.74) is 3.89. The molecule has 0 amide bonds. The summed E-state index contributed by atoms with van der Waals surface area (Å²) < 4.78 is 2.23. The molecule has 0 spiro atoms. The van der Waals surface area contributed by atoms with Gasteiger partial charge in [-0.1, -0.05) is 26.8 Å². The van der Waals surface area contributed by atoms with Gasteiger partial charge in [-0.2, -0.15) is 0 Å². The summed E-state index contributed by atoms with van der Waals surface area (Å²) in [7, 11) is 2.12. The fraction of sp³-hybridized carbons (Fsp3) is 0.588. The van der Waals surface area contributed by atoms with Crippen molar-refractivity contribution in [2.75, 3.05) is 13.1 Å². The Morgan fingerprint density at radius 3 is 2.75 bits per heavy atom. The summed E-state index contributed by atoms with van der Waals surface area (Å²) in [5, 5.41) is 3.50. The van der Waals surface area contributed by atoms with E-state index in [4.69, 9.17) is 4.98 Å². The van der Waals surface area contributed by atoms with Crippen LogP contribution in [0.3, 0.4) is 0 Å². The second-order valence-electron chi connectivity index (χ2n) is 7.04. The zero-order valence-corrected chi connectivity index (χ0v) is 13.0. The van der Waals surface area contributed by atoms with Crippen LogP contribution in [0.15, 0.2) is 18.2 Å². The lowest BCUT2D eigenvalue weighted by Crippen LogP contribution is -2.28. The molecule has 1 fully saturated rings. The highest BCUT2D eigenvalue weighted by molar-refractivity contribution is 5.77. The van der Waals surface area contributed by atoms with Gasteiger partial charge in [0.15, 0.2) is 0 Å². The maximum atomic E-state index is 4.88. The lowest BCUT2D eigenvalue weighted by Gasteiger charge is -2.23. The SMILES string of the molecule is Cn1c(C(C)(C)C)nc2cc(C3CCCNC3)ccc21. The van der Waals surface area contributed by atoms with E-state index in [9.17, 15) is 0 Å². The van der Waals surface area contributed by atoms with Crippen molar-refractivity contribution >= 4 is 11.0 Å². The third-order valence-corrected chi connectivity index (χ3v) is 4.34. The first-order chi connectivity index (χ1) is 9.47. The normalized spacial score (nSPS) is 20.5. The lowest BCUT2D eigenvalue weighted by molar-refractivity contribution is 0.462. The van der Waals surface area contributed by atoms with E-state index in [1.54, 1.807) is 0 Å². The van der Waals surface area contributed by atoms with E-state index in [0.29, 0.717) is 5.92 Å². The first kappa shape index (κ1) is 13.6. The molecule has 3 rings (SSSR count). The summed E-state index contributed by atoms with van der Waals surface area (Å²) in [4.78, 5) is 4.88. The molecule has 1 aromatic carbocycles. The average Bonchev–Trinajstić information content (AvgIpc) is 2.77. The fourth-order valence-electron chi connectivity index (χ4n) is 3.28. The van der Waals surface area contributed by atoms with Gasteiger partial charge in [0, 0.05) is 19.0 Å². The number of benzene rings is 1. The van der Waals surface area contributed by atoms with Crippen LogP contribution in [-0.4, -0.2) is 22.6 Å². The van der Waals surface area contributed by atoms with Gasteiger partial charge < -0.3 is 9.88 Å². The molecular weight excluding hydrogens is 246 g/mol. The van der Waals surface area contributed by atoms with Crippen molar-refractivity contribution in [2.45, 2.75) is 44.9 Å². The van der Waals surface area contributed by atoms with Crippen LogP contribution in [0.2, 0.25) is 0 Å². The van der Waals surface area contributed by atoms with Crippen molar-refractivity contribution in [2.24, 2.45) is 7.05 Å².